The van der Waals surface area contributed by atoms with Gasteiger partial charge in [0.15, 0.2) is 5.84 Å². The predicted octanol–water partition coefficient (Wildman–Crippen LogP) is 1.78. The zero-order chi connectivity index (χ0) is 14.0. The number of oxime groups is 1. The molecule has 1 aromatic heterocycles. The normalized spacial score (nSPS) is 11.8. The Morgan fingerprint density at radius 1 is 1.47 bits per heavy atom. The van der Waals surface area contributed by atoms with Crippen molar-refractivity contribution in [1.82, 2.24) is 9.55 Å². The van der Waals surface area contributed by atoms with Gasteiger partial charge in [-0.2, -0.15) is 0 Å². The van der Waals surface area contributed by atoms with E-state index in [1.54, 1.807) is 18.5 Å². The third kappa shape index (κ3) is 2.57. The van der Waals surface area contributed by atoms with E-state index in [-0.39, 0.29) is 5.84 Å². The highest BCUT2D eigenvalue weighted by atomic mass is 19.1. The van der Waals surface area contributed by atoms with Crippen LogP contribution in [0.2, 0.25) is 0 Å². The number of imidazole rings is 1. The van der Waals surface area contributed by atoms with Crippen molar-refractivity contribution in [3.8, 4) is 0 Å². The number of halogens is 1. The molecule has 1 heterocycles. The minimum Gasteiger partial charge on any atom is -0.409 e. The van der Waals surface area contributed by atoms with Crippen LogP contribution in [-0.2, 0) is 6.54 Å². The zero-order valence-corrected chi connectivity index (χ0v) is 10.8. The third-order valence-electron chi connectivity index (χ3n) is 3.14. The minimum absolute atomic E-state index is 0.111. The molecular formula is C13H15FN4O. The fraction of sp³-hybridized carbons (Fsp3) is 0.231. The summed E-state index contributed by atoms with van der Waals surface area (Å²) in [7, 11) is 0. The van der Waals surface area contributed by atoms with Gasteiger partial charge in [0.25, 0.3) is 0 Å². The lowest BCUT2D eigenvalue weighted by atomic mass is 10.1. The minimum atomic E-state index is -0.394. The first-order valence-corrected chi connectivity index (χ1v) is 5.77. The highest BCUT2D eigenvalue weighted by Gasteiger charge is 2.09. The Labute approximate surface area is 110 Å². The van der Waals surface area contributed by atoms with E-state index in [9.17, 15) is 4.39 Å². The van der Waals surface area contributed by atoms with Gasteiger partial charge >= 0.3 is 0 Å². The molecule has 0 fully saturated rings. The fourth-order valence-electron chi connectivity index (χ4n) is 1.78. The Morgan fingerprint density at radius 2 is 2.21 bits per heavy atom. The van der Waals surface area contributed by atoms with E-state index in [1.165, 1.54) is 6.07 Å². The van der Waals surface area contributed by atoms with Crippen molar-refractivity contribution < 1.29 is 9.60 Å². The van der Waals surface area contributed by atoms with E-state index in [0.29, 0.717) is 17.7 Å². The Balaban J connectivity index is 2.30. The van der Waals surface area contributed by atoms with E-state index >= 15 is 0 Å². The highest BCUT2D eigenvalue weighted by Crippen LogP contribution is 2.14. The molecule has 100 valence electrons. The Hall–Kier alpha value is -2.37. The molecule has 2 rings (SSSR count). The molecule has 3 N–H and O–H groups in total. The van der Waals surface area contributed by atoms with Gasteiger partial charge in [0.2, 0.25) is 0 Å². The van der Waals surface area contributed by atoms with Crippen LogP contribution in [0.3, 0.4) is 0 Å². The number of benzene rings is 1. The first-order chi connectivity index (χ1) is 9.02. The number of aromatic nitrogens is 2. The van der Waals surface area contributed by atoms with Crippen LogP contribution in [0.5, 0.6) is 0 Å². The summed E-state index contributed by atoms with van der Waals surface area (Å²) < 4.78 is 15.8. The molecule has 0 aliphatic rings. The lowest BCUT2D eigenvalue weighted by Crippen LogP contribution is -2.14. The van der Waals surface area contributed by atoms with E-state index in [4.69, 9.17) is 10.9 Å². The molecule has 0 bridgehead atoms. The average Bonchev–Trinajstić information content (AvgIpc) is 2.72. The summed E-state index contributed by atoms with van der Waals surface area (Å²) in [6.45, 7) is 4.24. The van der Waals surface area contributed by atoms with Crippen molar-refractivity contribution >= 4 is 5.84 Å². The monoisotopic (exact) mass is 262 g/mol. The molecular weight excluding hydrogens is 247 g/mol. The standard InChI is InChI=1S/C13H15FN4O/c1-8-9(2)18(7-16-8)6-11-4-3-10(5-12(11)14)13(15)17-19/h3-5,7,19H,6H2,1-2H3,(H2,15,17). The molecule has 0 unspecified atom stereocenters. The van der Waals surface area contributed by atoms with Crippen LogP contribution < -0.4 is 5.73 Å². The van der Waals surface area contributed by atoms with Gasteiger partial charge in [-0.05, 0) is 19.9 Å². The molecule has 1 aromatic carbocycles. The van der Waals surface area contributed by atoms with Crippen LogP contribution in [0, 0.1) is 19.7 Å². The molecule has 0 atom stereocenters. The second-order valence-electron chi connectivity index (χ2n) is 4.33. The van der Waals surface area contributed by atoms with Crippen LogP contribution in [-0.4, -0.2) is 20.6 Å². The number of amidine groups is 1. The lowest BCUT2D eigenvalue weighted by Gasteiger charge is -2.08. The maximum absolute atomic E-state index is 13.9. The number of hydrogen-bond acceptors (Lipinski definition) is 3. The van der Waals surface area contributed by atoms with Gasteiger partial charge in [-0.25, -0.2) is 9.37 Å². The molecule has 0 saturated heterocycles. The van der Waals surface area contributed by atoms with E-state index in [2.05, 4.69) is 10.1 Å². The maximum Gasteiger partial charge on any atom is 0.170 e. The van der Waals surface area contributed by atoms with Gasteiger partial charge in [-0.3, -0.25) is 0 Å². The van der Waals surface area contributed by atoms with Crippen molar-refractivity contribution in [2.24, 2.45) is 10.9 Å². The SMILES string of the molecule is Cc1ncn(Cc2ccc(C(N)=NO)cc2F)c1C. The molecule has 5 nitrogen and oxygen atoms in total. The fourth-order valence-corrected chi connectivity index (χ4v) is 1.78. The summed E-state index contributed by atoms with van der Waals surface area (Å²) >= 11 is 0. The van der Waals surface area contributed by atoms with Crippen LogP contribution in [0.1, 0.15) is 22.5 Å². The van der Waals surface area contributed by atoms with Crippen LogP contribution >= 0.6 is 0 Å². The van der Waals surface area contributed by atoms with Crippen LogP contribution in [0.4, 0.5) is 4.39 Å². The Morgan fingerprint density at radius 3 is 2.74 bits per heavy atom. The van der Waals surface area contributed by atoms with Crippen molar-refractivity contribution in [3.63, 3.8) is 0 Å². The average molecular weight is 262 g/mol. The summed E-state index contributed by atoms with van der Waals surface area (Å²) in [4.78, 5) is 4.17. The van der Waals surface area contributed by atoms with Gasteiger partial charge in [0.1, 0.15) is 5.82 Å². The third-order valence-corrected chi connectivity index (χ3v) is 3.14. The second-order valence-corrected chi connectivity index (χ2v) is 4.33. The summed E-state index contributed by atoms with van der Waals surface area (Å²) in [5.74, 6) is -0.505. The molecule has 0 spiro atoms. The van der Waals surface area contributed by atoms with E-state index < -0.39 is 5.82 Å². The van der Waals surface area contributed by atoms with Crippen LogP contribution in [0.25, 0.3) is 0 Å². The van der Waals surface area contributed by atoms with Gasteiger partial charge in [-0.15, -0.1) is 0 Å². The number of rotatable bonds is 3. The summed E-state index contributed by atoms with van der Waals surface area (Å²) in [5.41, 5.74) is 8.21. The van der Waals surface area contributed by atoms with Gasteiger partial charge < -0.3 is 15.5 Å². The molecule has 0 aliphatic carbocycles. The van der Waals surface area contributed by atoms with Crippen molar-refractivity contribution in [2.45, 2.75) is 20.4 Å². The maximum atomic E-state index is 13.9. The zero-order valence-electron chi connectivity index (χ0n) is 10.8. The number of nitrogens with zero attached hydrogens (tertiary/aromatic N) is 3. The van der Waals surface area contributed by atoms with Crippen molar-refractivity contribution in [1.29, 1.82) is 0 Å². The molecule has 0 amide bonds. The predicted molar refractivity (Wildman–Crippen MR) is 69.7 cm³/mol. The Kier molecular flexibility index (Phi) is 3.50. The first kappa shape index (κ1) is 13.1. The summed E-state index contributed by atoms with van der Waals surface area (Å²) in [6, 6.07) is 4.49. The highest BCUT2D eigenvalue weighted by molar-refractivity contribution is 5.97. The van der Waals surface area contributed by atoms with Crippen molar-refractivity contribution in [2.75, 3.05) is 0 Å². The van der Waals surface area contributed by atoms with Gasteiger partial charge in [-0.1, -0.05) is 17.3 Å². The lowest BCUT2D eigenvalue weighted by molar-refractivity contribution is 0.318. The molecule has 6 heteroatoms. The second kappa shape index (κ2) is 5.09. The smallest absolute Gasteiger partial charge is 0.170 e. The molecule has 0 saturated carbocycles. The van der Waals surface area contributed by atoms with Crippen molar-refractivity contribution in [3.05, 3.63) is 52.9 Å². The molecule has 0 radical (unpaired) electrons. The molecule has 19 heavy (non-hydrogen) atoms. The quantitative estimate of drug-likeness (QED) is 0.383. The largest absolute Gasteiger partial charge is 0.409 e. The topological polar surface area (TPSA) is 76.4 Å². The summed E-state index contributed by atoms with van der Waals surface area (Å²) in [6.07, 6.45) is 1.68. The van der Waals surface area contributed by atoms with E-state index in [1.807, 2.05) is 18.4 Å². The van der Waals surface area contributed by atoms with Gasteiger partial charge in [0, 0.05) is 16.8 Å². The summed E-state index contributed by atoms with van der Waals surface area (Å²) in [5, 5.41) is 11.4. The van der Waals surface area contributed by atoms with Gasteiger partial charge in [0.05, 0.1) is 18.6 Å². The molecule has 0 aliphatic heterocycles. The Bertz CT molecular complexity index is 634. The number of aryl methyl sites for hydroxylation is 1. The van der Waals surface area contributed by atoms with E-state index in [0.717, 1.165) is 11.4 Å². The first-order valence-electron chi connectivity index (χ1n) is 5.77. The number of hydrogen-bond donors (Lipinski definition) is 2. The number of nitrogens with two attached hydrogens (primary N) is 1. The molecule has 2 aromatic rings. The van der Waals surface area contributed by atoms with Crippen LogP contribution in [0.15, 0.2) is 29.7 Å².